The van der Waals surface area contributed by atoms with Gasteiger partial charge in [-0.3, -0.25) is 14.5 Å². The van der Waals surface area contributed by atoms with Crippen LogP contribution < -0.4 is 10.6 Å². The standard InChI is InChI=1S/C22H30N4O4/c1-5-26-17-13-25(10-8-18(27)23-9-11-30-4)21(28)19(17)20(24-22(26)29)16-7-6-14(2)12-15(16)3/h6-7,12,20H,5,8-11,13H2,1-4H3,(H,23,27)(H,24,29). The largest absolute Gasteiger partial charge is 0.383 e. The first-order chi connectivity index (χ1) is 14.4. The van der Waals surface area contributed by atoms with Crippen molar-refractivity contribution < 1.29 is 19.1 Å². The smallest absolute Gasteiger partial charge is 0.322 e. The Bertz CT molecular complexity index is 880. The predicted molar refractivity (Wildman–Crippen MR) is 113 cm³/mol. The fourth-order valence-corrected chi connectivity index (χ4v) is 4.06. The van der Waals surface area contributed by atoms with Gasteiger partial charge in [-0.05, 0) is 31.9 Å². The number of carbonyl (C=O) groups is 3. The number of hydrogen-bond donors (Lipinski definition) is 2. The summed E-state index contributed by atoms with van der Waals surface area (Å²) in [5, 5.41) is 5.77. The quantitative estimate of drug-likeness (QED) is 0.633. The Morgan fingerprint density at radius 3 is 2.73 bits per heavy atom. The van der Waals surface area contributed by atoms with Crippen LogP contribution in [0.4, 0.5) is 4.79 Å². The third kappa shape index (κ3) is 4.33. The summed E-state index contributed by atoms with van der Waals surface area (Å²) < 4.78 is 4.93. The molecule has 2 heterocycles. The van der Waals surface area contributed by atoms with Gasteiger partial charge < -0.3 is 20.3 Å². The van der Waals surface area contributed by atoms with Gasteiger partial charge in [0.25, 0.3) is 5.91 Å². The molecule has 1 aromatic carbocycles. The van der Waals surface area contributed by atoms with E-state index in [4.69, 9.17) is 4.74 Å². The number of hydrogen-bond acceptors (Lipinski definition) is 4. The minimum Gasteiger partial charge on any atom is -0.383 e. The highest BCUT2D eigenvalue weighted by atomic mass is 16.5. The zero-order chi connectivity index (χ0) is 21.8. The second-order valence-electron chi connectivity index (χ2n) is 7.67. The number of rotatable bonds is 8. The summed E-state index contributed by atoms with van der Waals surface area (Å²) in [4.78, 5) is 41.3. The monoisotopic (exact) mass is 414 g/mol. The van der Waals surface area contributed by atoms with Crippen LogP contribution in [-0.4, -0.2) is 67.5 Å². The maximum Gasteiger partial charge on any atom is 0.322 e. The highest BCUT2D eigenvalue weighted by Crippen LogP contribution is 2.37. The Morgan fingerprint density at radius 2 is 2.07 bits per heavy atom. The van der Waals surface area contributed by atoms with Crippen molar-refractivity contribution in [2.45, 2.75) is 33.2 Å². The summed E-state index contributed by atoms with van der Waals surface area (Å²) in [5.74, 6) is -0.254. The van der Waals surface area contributed by atoms with Gasteiger partial charge in [0.2, 0.25) is 5.91 Å². The molecule has 2 aliphatic rings. The van der Waals surface area contributed by atoms with Gasteiger partial charge >= 0.3 is 6.03 Å². The molecule has 8 nitrogen and oxygen atoms in total. The van der Waals surface area contributed by atoms with Gasteiger partial charge in [0.05, 0.1) is 30.5 Å². The third-order valence-corrected chi connectivity index (χ3v) is 5.59. The molecule has 0 spiro atoms. The van der Waals surface area contributed by atoms with Crippen molar-refractivity contribution in [3.05, 3.63) is 46.2 Å². The lowest BCUT2D eigenvalue weighted by Crippen LogP contribution is -2.47. The predicted octanol–water partition coefficient (Wildman–Crippen LogP) is 1.64. The Balaban J connectivity index is 1.81. The third-order valence-electron chi connectivity index (χ3n) is 5.59. The van der Waals surface area contributed by atoms with E-state index in [0.717, 1.165) is 22.4 Å². The van der Waals surface area contributed by atoms with E-state index in [1.807, 2.05) is 32.9 Å². The molecule has 0 saturated heterocycles. The molecule has 0 aromatic heterocycles. The van der Waals surface area contributed by atoms with Gasteiger partial charge in [-0.25, -0.2) is 4.79 Å². The van der Waals surface area contributed by atoms with E-state index in [2.05, 4.69) is 16.7 Å². The molecule has 1 atom stereocenters. The summed E-state index contributed by atoms with van der Waals surface area (Å²) in [5.41, 5.74) is 4.41. The van der Waals surface area contributed by atoms with Crippen LogP contribution in [0.25, 0.3) is 0 Å². The second-order valence-corrected chi connectivity index (χ2v) is 7.67. The first kappa shape index (κ1) is 21.8. The van der Waals surface area contributed by atoms with Gasteiger partial charge in [0, 0.05) is 33.2 Å². The molecule has 2 aliphatic heterocycles. The van der Waals surface area contributed by atoms with Crippen molar-refractivity contribution in [1.82, 2.24) is 20.4 Å². The van der Waals surface area contributed by atoms with Gasteiger partial charge in [0.15, 0.2) is 0 Å². The molecule has 2 N–H and O–H groups in total. The first-order valence-electron chi connectivity index (χ1n) is 10.3. The van der Waals surface area contributed by atoms with Crippen molar-refractivity contribution in [3.63, 3.8) is 0 Å². The number of benzene rings is 1. The van der Waals surface area contributed by atoms with Crippen LogP contribution in [0.1, 0.15) is 36.1 Å². The highest BCUT2D eigenvalue weighted by Gasteiger charge is 2.43. The first-order valence-corrected chi connectivity index (χ1v) is 10.3. The van der Waals surface area contributed by atoms with E-state index in [9.17, 15) is 14.4 Å². The van der Waals surface area contributed by atoms with Gasteiger partial charge in [0.1, 0.15) is 0 Å². The number of urea groups is 1. The molecule has 0 radical (unpaired) electrons. The number of amides is 4. The van der Waals surface area contributed by atoms with E-state index in [-0.39, 0.29) is 24.3 Å². The maximum atomic E-state index is 13.3. The Hall–Kier alpha value is -2.87. The van der Waals surface area contributed by atoms with Crippen LogP contribution in [0, 0.1) is 13.8 Å². The van der Waals surface area contributed by atoms with Crippen LogP contribution in [0.2, 0.25) is 0 Å². The molecule has 1 aromatic rings. The minimum absolute atomic E-state index is 0.127. The average Bonchev–Trinajstić information content (AvgIpc) is 3.02. The number of methoxy groups -OCH3 is 1. The van der Waals surface area contributed by atoms with Crippen LogP contribution in [-0.2, 0) is 14.3 Å². The SMILES string of the molecule is CCN1C(=O)NC(c2ccc(C)cc2C)C2=C1CN(CCC(=O)NCCOC)C2=O. The summed E-state index contributed by atoms with van der Waals surface area (Å²) >= 11 is 0. The zero-order valence-corrected chi connectivity index (χ0v) is 18.1. The van der Waals surface area contributed by atoms with E-state index >= 15 is 0 Å². The number of ether oxygens (including phenoxy) is 1. The van der Waals surface area contributed by atoms with Crippen molar-refractivity contribution in [2.24, 2.45) is 0 Å². The fourth-order valence-electron chi connectivity index (χ4n) is 4.06. The van der Waals surface area contributed by atoms with Crippen molar-refractivity contribution in [1.29, 1.82) is 0 Å². The van der Waals surface area contributed by atoms with E-state index in [1.165, 1.54) is 0 Å². The second kappa shape index (κ2) is 9.30. The van der Waals surface area contributed by atoms with Crippen LogP contribution >= 0.6 is 0 Å². The molecule has 30 heavy (non-hydrogen) atoms. The highest BCUT2D eigenvalue weighted by molar-refractivity contribution is 6.01. The van der Waals surface area contributed by atoms with E-state index in [0.29, 0.717) is 38.4 Å². The van der Waals surface area contributed by atoms with Crippen LogP contribution in [0.5, 0.6) is 0 Å². The summed E-state index contributed by atoms with van der Waals surface area (Å²) in [6.45, 7) is 7.89. The molecule has 8 heteroatoms. The molecule has 1 unspecified atom stereocenters. The van der Waals surface area contributed by atoms with Gasteiger partial charge in [-0.15, -0.1) is 0 Å². The molecule has 0 aliphatic carbocycles. The van der Waals surface area contributed by atoms with Crippen molar-refractivity contribution in [3.8, 4) is 0 Å². The lowest BCUT2D eigenvalue weighted by atomic mass is 9.91. The van der Waals surface area contributed by atoms with Crippen molar-refractivity contribution >= 4 is 17.8 Å². The Kier molecular flexibility index (Phi) is 6.77. The molecule has 0 fully saturated rings. The van der Waals surface area contributed by atoms with E-state index in [1.54, 1.807) is 16.9 Å². The van der Waals surface area contributed by atoms with Crippen LogP contribution in [0.15, 0.2) is 29.5 Å². The van der Waals surface area contributed by atoms with Gasteiger partial charge in [-0.2, -0.15) is 0 Å². The summed E-state index contributed by atoms with van der Waals surface area (Å²) in [6.07, 6.45) is 0.206. The topological polar surface area (TPSA) is 91.0 Å². The van der Waals surface area contributed by atoms with Gasteiger partial charge in [-0.1, -0.05) is 23.8 Å². The maximum absolute atomic E-state index is 13.3. The molecular formula is C22H30N4O4. The van der Waals surface area contributed by atoms with Crippen LogP contribution in [0.3, 0.4) is 0 Å². The fraction of sp³-hybridized carbons (Fsp3) is 0.500. The summed E-state index contributed by atoms with van der Waals surface area (Å²) in [7, 11) is 1.58. The molecule has 4 amide bonds. The zero-order valence-electron chi connectivity index (χ0n) is 18.1. The lowest BCUT2D eigenvalue weighted by molar-refractivity contribution is -0.127. The molecule has 3 rings (SSSR count). The minimum atomic E-state index is -0.482. The lowest BCUT2D eigenvalue weighted by Gasteiger charge is -2.33. The number of carbonyl (C=O) groups excluding carboxylic acids is 3. The van der Waals surface area contributed by atoms with Crippen molar-refractivity contribution in [2.75, 3.05) is 39.9 Å². The number of likely N-dealkylation sites (N-methyl/N-ethyl adjacent to an activating group) is 1. The molecule has 0 bridgehead atoms. The number of aryl methyl sites for hydroxylation is 2. The Labute approximate surface area is 177 Å². The Morgan fingerprint density at radius 1 is 1.30 bits per heavy atom. The molecule has 0 saturated carbocycles. The summed E-state index contributed by atoms with van der Waals surface area (Å²) in [6, 6.07) is 5.33. The normalized spacial score (nSPS) is 18.6. The van der Waals surface area contributed by atoms with E-state index < -0.39 is 6.04 Å². The average molecular weight is 415 g/mol. The number of nitrogens with zero attached hydrogens (tertiary/aromatic N) is 2. The molecular weight excluding hydrogens is 384 g/mol. The number of nitrogens with one attached hydrogen (secondary N) is 2. The molecule has 162 valence electrons.